The number of hydrogen-bond acceptors (Lipinski definition) is 5. The van der Waals surface area contributed by atoms with Gasteiger partial charge < -0.3 is 15.1 Å². The summed E-state index contributed by atoms with van der Waals surface area (Å²) in [6.45, 7) is 3.48. The van der Waals surface area contributed by atoms with Gasteiger partial charge in [-0.2, -0.15) is 0 Å². The van der Waals surface area contributed by atoms with Gasteiger partial charge in [0.1, 0.15) is 0 Å². The molecule has 1 heterocycles. The minimum Gasteiger partial charge on any atom is -0.348 e. The monoisotopic (exact) mass is 491 g/mol. The molecule has 1 N–H and O–H groups in total. The number of nitrogens with zero attached hydrogens (tertiary/aromatic N) is 2. The molecule has 8 heteroatoms. The van der Waals surface area contributed by atoms with E-state index in [1.807, 2.05) is 24.1 Å². The number of piperazine rings is 1. The third-order valence-corrected chi connectivity index (χ3v) is 7.80. The van der Waals surface area contributed by atoms with Gasteiger partial charge in [-0.05, 0) is 54.6 Å². The Balaban J connectivity index is 1.34. The Morgan fingerprint density at radius 3 is 2.17 bits per heavy atom. The maximum atomic E-state index is 12.7. The zero-order chi connectivity index (χ0) is 24.8. The van der Waals surface area contributed by atoms with Crippen molar-refractivity contribution in [3.8, 4) is 0 Å². The zero-order valence-electron chi connectivity index (χ0n) is 19.7. The molecule has 3 aromatic carbocycles. The van der Waals surface area contributed by atoms with Gasteiger partial charge in [-0.25, -0.2) is 8.42 Å². The minimum absolute atomic E-state index is 0.0240. The van der Waals surface area contributed by atoms with Crippen LogP contribution in [0.4, 0.5) is 0 Å². The molecular weight excluding hydrogens is 462 g/mol. The highest BCUT2D eigenvalue weighted by Crippen LogP contribution is 2.17. The molecule has 0 atom stereocenters. The van der Waals surface area contributed by atoms with Crippen LogP contribution in [0.25, 0.3) is 0 Å². The number of amides is 2. The van der Waals surface area contributed by atoms with Crippen LogP contribution in [0, 0.1) is 0 Å². The number of nitrogens with one attached hydrogen (secondary N) is 1. The van der Waals surface area contributed by atoms with E-state index in [4.69, 9.17) is 0 Å². The van der Waals surface area contributed by atoms with Crippen molar-refractivity contribution in [2.75, 3.05) is 33.2 Å². The van der Waals surface area contributed by atoms with Crippen molar-refractivity contribution in [3.05, 3.63) is 101 Å². The predicted molar refractivity (Wildman–Crippen MR) is 135 cm³/mol. The normalized spacial score (nSPS) is 14.5. The molecule has 2 amide bonds. The van der Waals surface area contributed by atoms with E-state index in [2.05, 4.69) is 10.2 Å². The molecule has 0 spiro atoms. The second-order valence-electron chi connectivity index (χ2n) is 8.75. The van der Waals surface area contributed by atoms with Crippen LogP contribution >= 0.6 is 0 Å². The summed E-state index contributed by atoms with van der Waals surface area (Å²) in [6.07, 6.45) is 0. The number of benzene rings is 3. The topological polar surface area (TPSA) is 86.8 Å². The maximum Gasteiger partial charge on any atom is 0.253 e. The number of carbonyl (C=O) groups is 2. The predicted octanol–water partition coefficient (Wildman–Crippen LogP) is 2.98. The lowest BCUT2D eigenvalue weighted by Gasteiger charge is -2.32. The number of likely N-dealkylation sites (N-methyl/N-ethyl adjacent to an activating group) is 1. The molecule has 0 aliphatic carbocycles. The Morgan fingerprint density at radius 1 is 0.800 bits per heavy atom. The summed E-state index contributed by atoms with van der Waals surface area (Å²) >= 11 is 0. The molecule has 3 aromatic rings. The van der Waals surface area contributed by atoms with Crippen molar-refractivity contribution >= 4 is 21.7 Å². The van der Waals surface area contributed by atoms with Crippen LogP contribution in [-0.2, 0) is 22.1 Å². The lowest BCUT2D eigenvalue weighted by Crippen LogP contribution is -2.47. The van der Waals surface area contributed by atoms with Crippen molar-refractivity contribution in [2.24, 2.45) is 0 Å². The molecule has 1 aliphatic rings. The van der Waals surface area contributed by atoms with Crippen LogP contribution in [0.3, 0.4) is 0 Å². The summed E-state index contributed by atoms with van der Waals surface area (Å²) in [7, 11) is -1.45. The van der Waals surface area contributed by atoms with E-state index >= 15 is 0 Å². The quantitative estimate of drug-likeness (QED) is 0.549. The van der Waals surface area contributed by atoms with Gasteiger partial charge in [0, 0.05) is 43.9 Å². The molecule has 182 valence electrons. The fraction of sp³-hybridized carbons (Fsp3) is 0.259. The van der Waals surface area contributed by atoms with Crippen molar-refractivity contribution in [2.45, 2.75) is 17.2 Å². The van der Waals surface area contributed by atoms with Gasteiger partial charge in [0.25, 0.3) is 11.8 Å². The van der Waals surface area contributed by atoms with Crippen molar-refractivity contribution < 1.29 is 18.0 Å². The van der Waals surface area contributed by atoms with Gasteiger partial charge in [0.15, 0.2) is 9.84 Å². The standard InChI is InChI=1S/C27H29N3O4S/c1-29-14-16-30(17-15-29)27(32)23-12-10-21(11-13-23)19-28-26(31)24-7-5-6-22(18-24)20-35(33,34)25-8-3-2-4-9-25/h2-13,18H,14-17,19-20H2,1H3,(H,28,31). The molecule has 0 unspecified atom stereocenters. The van der Waals surface area contributed by atoms with Gasteiger partial charge in [0.05, 0.1) is 10.6 Å². The summed E-state index contributed by atoms with van der Waals surface area (Å²) in [5.74, 6) is -0.446. The fourth-order valence-electron chi connectivity index (χ4n) is 3.97. The van der Waals surface area contributed by atoms with Crippen molar-refractivity contribution in [3.63, 3.8) is 0 Å². The van der Waals surface area contributed by atoms with E-state index < -0.39 is 9.84 Å². The first-order valence-electron chi connectivity index (χ1n) is 11.5. The van der Waals surface area contributed by atoms with Gasteiger partial charge >= 0.3 is 0 Å². The average molecular weight is 492 g/mol. The van der Waals surface area contributed by atoms with Crippen LogP contribution < -0.4 is 5.32 Å². The first kappa shape index (κ1) is 24.6. The number of rotatable bonds is 7. The van der Waals surface area contributed by atoms with Crippen molar-refractivity contribution in [1.29, 1.82) is 0 Å². The summed E-state index contributed by atoms with van der Waals surface area (Å²) in [4.78, 5) is 29.7. The van der Waals surface area contributed by atoms with Crippen LogP contribution in [0.2, 0.25) is 0 Å². The highest BCUT2D eigenvalue weighted by atomic mass is 32.2. The smallest absolute Gasteiger partial charge is 0.253 e. The molecule has 1 saturated heterocycles. The molecule has 0 saturated carbocycles. The van der Waals surface area contributed by atoms with E-state index in [-0.39, 0.29) is 22.5 Å². The molecule has 0 radical (unpaired) electrons. The van der Waals surface area contributed by atoms with E-state index in [1.54, 1.807) is 66.7 Å². The van der Waals surface area contributed by atoms with Gasteiger partial charge in [-0.15, -0.1) is 0 Å². The maximum absolute atomic E-state index is 12.7. The Kier molecular flexibility index (Phi) is 7.63. The highest BCUT2D eigenvalue weighted by molar-refractivity contribution is 7.90. The number of hydrogen-bond donors (Lipinski definition) is 1. The van der Waals surface area contributed by atoms with Gasteiger partial charge in [-0.1, -0.05) is 42.5 Å². The van der Waals surface area contributed by atoms with Crippen molar-refractivity contribution in [1.82, 2.24) is 15.1 Å². The molecule has 1 fully saturated rings. The Labute approximate surface area is 206 Å². The molecule has 35 heavy (non-hydrogen) atoms. The van der Waals surface area contributed by atoms with E-state index in [0.29, 0.717) is 23.2 Å². The number of sulfone groups is 1. The van der Waals surface area contributed by atoms with E-state index in [1.165, 1.54) is 0 Å². The van der Waals surface area contributed by atoms with Gasteiger partial charge in [0.2, 0.25) is 0 Å². The summed E-state index contributed by atoms with van der Waals surface area (Å²) in [5, 5.41) is 2.86. The third kappa shape index (κ3) is 6.35. The van der Waals surface area contributed by atoms with Crippen LogP contribution in [0.15, 0.2) is 83.8 Å². The summed E-state index contributed by atoms with van der Waals surface area (Å²) in [6, 6.07) is 22.2. The largest absolute Gasteiger partial charge is 0.348 e. The van der Waals surface area contributed by atoms with Crippen LogP contribution in [0.5, 0.6) is 0 Å². The number of carbonyl (C=O) groups excluding carboxylic acids is 2. The molecule has 4 rings (SSSR count). The second kappa shape index (κ2) is 10.8. The summed E-state index contributed by atoms with van der Waals surface area (Å²) in [5.41, 5.74) is 2.45. The lowest BCUT2D eigenvalue weighted by atomic mass is 10.1. The SMILES string of the molecule is CN1CCN(C(=O)c2ccc(CNC(=O)c3cccc(CS(=O)(=O)c4ccccc4)c3)cc2)CC1. The third-order valence-electron chi connectivity index (χ3n) is 6.09. The van der Waals surface area contributed by atoms with Gasteiger partial charge in [-0.3, -0.25) is 9.59 Å². The fourth-order valence-corrected chi connectivity index (χ4v) is 5.33. The van der Waals surface area contributed by atoms with E-state index in [0.717, 1.165) is 31.7 Å². The molecule has 0 aromatic heterocycles. The summed E-state index contributed by atoms with van der Waals surface area (Å²) < 4.78 is 25.3. The van der Waals surface area contributed by atoms with Crippen LogP contribution in [-0.4, -0.2) is 63.3 Å². The van der Waals surface area contributed by atoms with E-state index in [9.17, 15) is 18.0 Å². The lowest BCUT2D eigenvalue weighted by molar-refractivity contribution is 0.0664. The average Bonchev–Trinajstić information content (AvgIpc) is 2.88. The molecule has 0 bridgehead atoms. The first-order chi connectivity index (χ1) is 16.8. The highest BCUT2D eigenvalue weighted by Gasteiger charge is 2.20. The Morgan fingerprint density at radius 2 is 1.49 bits per heavy atom. The van der Waals surface area contributed by atoms with Crippen LogP contribution in [0.1, 0.15) is 31.8 Å². The Hall–Kier alpha value is -3.49. The second-order valence-corrected chi connectivity index (χ2v) is 10.7. The molecule has 7 nitrogen and oxygen atoms in total. The zero-order valence-corrected chi connectivity index (χ0v) is 20.5. The first-order valence-corrected chi connectivity index (χ1v) is 13.2. The molecule has 1 aliphatic heterocycles. The molecular formula is C27H29N3O4S. The minimum atomic E-state index is -3.50. The Bertz CT molecular complexity index is 1280.